The third-order valence-corrected chi connectivity index (χ3v) is 4.70. The second-order valence-corrected chi connectivity index (χ2v) is 6.67. The van der Waals surface area contributed by atoms with Gasteiger partial charge in [0, 0.05) is 36.4 Å². The summed E-state index contributed by atoms with van der Waals surface area (Å²) < 4.78 is 6.42. The van der Waals surface area contributed by atoms with Crippen molar-refractivity contribution < 1.29 is 9.53 Å². The Bertz CT molecular complexity index is 530. The van der Waals surface area contributed by atoms with Gasteiger partial charge in [-0.25, -0.2) is 0 Å². The second kappa shape index (κ2) is 9.59. The first-order valence-electron chi connectivity index (χ1n) is 7.56. The van der Waals surface area contributed by atoms with Gasteiger partial charge in [-0.2, -0.15) is 0 Å². The average Bonchev–Trinajstić information content (AvgIpc) is 2.50. The van der Waals surface area contributed by atoms with Gasteiger partial charge in [-0.15, -0.1) is 12.4 Å². The van der Waals surface area contributed by atoms with Gasteiger partial charge in [0.2, 0.25) is 5.91 Å². The van der Waals surface area contributed by atoms with Crippen LogP contribution in [0, 0.1) is 6.92 Å². The van der Waals surface area contributed by atoms with Crippen molar-refractivity contribution in [2.75, 3.05) is 32.1 Å². The third-order valence-electron chi connectivity index (χ3n) is 4.20. The van der Waals surface area contributed by atoms with Crippen LogP contribution < -0.4 is 11.1 Å². The number of likely N-dealkylation sites (tertiary alicyclic amines) is 1. The summed E-state index contributed by atoms with van der Waals surface area (Å²) in [5.41, 5.74) is 7.73. The highest BCUT2D eigenvalue weighted by Gasteiger charge is 2.28. The molecule has 1 fully saturated rings. The van der Waals surface area contributed by atoms with E-state index in [4.69, 9.17) is 10.5 Å². The molecule has 0 radical (unpaired) electrons. The number of methoxy groups -OCH3 is 1. The predicted octanol–water partition coefficient (Wildman–Crippen LogP) is 2.56. The summed E-state index contributed by atoms with van der Waals surface area (Å²) in [5, 5.41) is 2.98. The number of anilines is 1. The summed E-state index contributed by atoms with van der Waals surface area (Å²) in [6.45, 7) is 3.73. The smallest absolute Gasteiger partial charge is 0.238 e. The van der Waals surface area contributed by atoms with Gasteiger partial charge in [0.05, 0.1) is 12.6 Å². The lowest BCUT2D eigenvalue weighted by Gasteiger charge is -2.37. The normalized spacial score (nSPS) is 21.6. The summed E-state index contributed by atoms with van der Waals surface area (Å²) in [6.07, 6.45) is 2.08. The highest BCUT2D eigenvalue weighted by Crippen LogP contribution is 2.21. The lowest BCUT2D eigenvalue weighted by atomic mass is 9.99. The zero-order chi connectivity index (χ0) is 16.1. The molecule has 1 amide bonds. The van der Waals surface area contributed by atoms with E-state index in [0.717, 1.165) is 35.1 Å². The fourth-order valence-electron chi connectivity index (χ4n) is 2.87. The standard InChI is InChI=1S/C16H24BrN3O2.ClH/c1-11-7-12(17)3-4-15(11)19-16(21)10-20-6-5-14(22-2)8-13(20)9-18;/h3-4,7,13-14H,5-6,8-10,18H2,1-2H3,(H,19,21);1H. The highest BCUT2D eigenvalue weighted by atomic mass is 79.9. The molecular formula is C16H25BrClN3O2. The number of amides is 1. The number of piperidine rings is 1. The Labute approximate surface area is 152 Å². The molecule has 3 N–H and O–H groups in total. The van der Waals surface area contributed by atoms with Crippen molar-refractivity contribution in [2.24, 2.45) is 5.73 Å². The van der Waals surface area contributed by atoms with Crippen molar-refractivity contribution in [3.63, 3.8) is 0 Å². The topological polar surface area (TPSA) is 67.6 Å². The average molecular weight is 407 g/mol. The van der Waals surface area contributed by atoms with Crippen LogP contribution in [0.15, 0.2) is 22.7 Å². The fourth-order valence-corrected chi connectivity index (χ4v) is 3.35. The molecule has 23 heavy (non-hydrogen) atoms. The number of benzene rings is 1. The molecule has 2 rings (SSSR count). The van der Waals surface area contributed by atoms with Crippen LogP contribution >= 0.6 is 28.3 Å². The van der Waals surface area contributed by atoms with Gasteiger partial charge in [-0.05, 0) is 43.5 Å². The van der Waals surface area contributed by atoms with Gasteiger partial charge < -0.3 is 15.8 Å². The van der Waals surface area contributed by atoms with Gasteiger partial charge >= 0.3 is 0 Å². The zero-order valence-electron chi connectivity index (χ0n) is 13.5. The van der Waals surface area contributed by atoms with E-state index in [1.165, 1.54) is 0 Å². The number of nitrogens with zero attached hydrogens (tertiary/aromatic N) is 1. The van der Waals surface area contributed by atoms with Gasteiger partial charge in [-0.3, -0.25) is 9.69 Å². The maximum atomic E-state index is 12.3. The number of hydrogen-bond donors (Lipinski definition) is 2. The summed E-state index contributed by atoms with van der Waals surface area (Å²) >= 11 is 3.43. The Kier molecular flexibility index (Phi) is 8.50. The van der Waals surface area contributed by atoms with E-state index < -0.39 is 0 Å². The van der Waals surface area contributed by atoms with E-state index in [1.54, 1.807) is 7.11 Å². The molecule has 7 heteroatoms. The van der Waals surface area contributed by atoms with E-state index in [-0.39, 0.29) is 30.5 Å². The first kappa shape index (κ1) is 20.4. The van der Waals surface area contributed by atoms with Crippen LogP contribution in [0.5, 0.6) is 0 Å². The third kappa shape index (κ3) is 5.72. The zero-order valence-corrected chi connectivity index (χ0v) is 16.0. The number of nitrogens with one attached hydrogen (secondary N) is 1. The van der Waals surface area contributed by atoms with E-state index in [9.17, 15) is 4.79 Å². The summed E-state index contributed by atoms with van der Waals surface area (Å²) in [6, 6.07) is 6.03. The van der Waals surface area contributed by atoms with Gasteiger partial charge in [0.25, 0.3) is 0 Å². The summed E-state index contributed by atoms with van der Waals surface area (Å²) in [5.74, 6) is -0.000241. The van der Waals surface area contributed by atoms with Crippen molar-refractivity contribution in [1.29, 1.82) is 0 Å². The van der Waals surface area contributed by atoms with E-state index in [0.29, 0.717) is 13.1 Å². The van der Waals surface area contributed by atoms with Crippen molar-refractivity contribution in [2.45, 2.75) is 31.9 Å². The Balaban J connectivity index is 0.00000264. The minimum Gasteiger partial charge on any atom is -0.381 e. The maximum Gasteiger partial charge on any atom is 0.238 e. The van der Waals surface area contributed by atoms with Crippen LogP contribution in [0.4, 0.5) is 5.69 Å². The van der Waals surface area contributed by atoms with E-state index in [1.807, 2.05) is 25.1 Å². The molecule has 0 bridgehead atoms. The SMILES string of the molecule is COC1CCN(CC(=O)Nc2ccc(Br)cc2C)C(CN)C1.Cl. The van der Waals surface area contributed by atoms with Gasteiger partial charge in [0.1, 0.15) is 0 Å². The Hall–Kier alpha value is -0.660. The van der Waals surface area contributed by atoms with Crippen LogP contribution in [0.2, 0.25) is 0 Å². The number of nitrogens with two attached hydrogens (primary N) is 1. The lowest BCUT2D eigenvalue weighted by molar-refractivity contribution is -0.118. The molecule has 1 aromatic carbocycles. The molecular weight excluding hydrogens is 382 g/mol. The van der Waals surface area contributed by atoms with Crippen LogP contribution in [0.25, 0.3) is 0 Å². The molecule has 5 nitrogen and oxygen atoms in total. The number of carbonyl (C=O) groups is 1. The minimum absolute atomic E-state index is 0. The van der Waals surface area contributed by atoms with E-state index in [2.05, 4.69) is 26.1 Å². The van der Waals surface area contributed by atoms with Crippen LogP contribution in [-0.4, -0.2) is 49.7 Å². The molecule has 1 saturated heterocycles. The number of aryl methyl sites for hydroxylation is 1. The quantitative estimate of drug-likeness (QED) is 0.788. The lowest BCUT2D eigenvalue weighted by Crippen LogP contribution is -2.51. The van der Waals surface area contributed by atoms with Crippen molar-refractivity contribution in [1.82, 2.24) is 4.90 Å². The largest absolute Gasteiger partial charge is 0.381 e. The Morgan fingerprint density at radius 2 is 2.26 bits per heavy atom. The molecule has 1 aliphatic rings. The number of rotatable bonds is 5. The molecule has 0 aliphatic carbocycles. The fraction of sp³-hybridized carbons (Fsp3) is 0.562. The van der Waals surface area contributed by atoms with E-state index >= 15 is 0 Å². The minimum atomic E-state index is -0.000241. The molecule has 1 heterocycles. The van der Waals surface area contributed by atoms with Gasteiger partial charge in [-0.1, -0.05) is 15.9 Å². The molecule has 2 unspecified atom stereocenters. The van der Waals surface area contributed by atoms with Crippen LogP contribution in [0.1, 0.15) is 18.4 Å². The number of hydrogen-bond acceptors (Lipinski definition) is 4. The second-order valence-electron chi connectivity index (χ2n) is 5.75. The molecule has 0 spiro atoms. The molecule has 0 saturated carbocycles. The molecule has 1 aliphatic heterocycles. The number of ether oxygens (including phenoxy) is 1. The molecule has 130 valence electrons. The van der Waals surface area contributed by atoms with Crippen LogP contribution in [0.3, 0.4) is 0 Å². The summed E-state index contributed by atoms with van der Waals surface area (Å²) in [4.78, 5) is 14.4. The maximum absolute atomic E-state index is 12.3. The molecule has 2 atom stereocenters. The van der Waals surface area contributed by atoms with Crippen molar-refractivity contribution >= 4 is 39.9 Å². The van der Waals surface area contributed by atoms with Crippen molar-refractivity contribution in [3.05, 3.63) is 28.2 Å². The first-order valence-corrected chi connectivity index (χ1v) is 8.35. The molecule has 0 aromatic heterocycles. The summed E-state index contributed by atoms with van der Waals surface area (Å²) in [7, 11) is 1.73. The first-order chi connectivity index (χ1) is 10.5. The van der Waals surface area contributed by atoms with Crippen molar-refractivity contribution in [3.8, 4) is 0 Å². The highest BCUT2D eigenvalue weighted by molar-refractivity contribution is 9.10. The van der Waals surface area contributed by atoms with Gasteiger partial charge in [0.15, 0.2) is 0 Å². The Morgan fingerprint density at radius 1 is 1.52 bits per heavy atom. The number of carbonyl (C=O) groups excluding carboxylic acids is 1. The molecule has 1 aromatic rings. The van der Waals surface area contributed by atoms with Crippen LogP contribution in [-0.2, 0) is 9.53 Å². The number of halogens is 2. The monoisotopic (exact) mass is 405 g/mol. The Morgan fingerprint density at radius 3 is 2.87 bits per heavy atom. The predicted molar refractivity (Wildman–Crippen MR) is 99.2 cm³/mol.